The highest BCUT2D eigenvalue weighted by Crippen LogP contribution is 2.53. The van der Waals surface area contributed by atoms with E-state index >= 15 is 0 Å². The van der Waals surface area contributed by atoms with Crippen LogP contribution in [0, 0.1) is 11.3 Å². The standard InChI is InChI=1S/C20H20F3NO6/c1-3-28-17(26)19(18(27)29-4-2)9-13-10-30-24-15(13)14(19)11-5-7-12(8-6-11)16(25)20(21,22)23/h5-8,13-14H,3-4,9-10H2,1-2H3/t13-,14+/m1/s1. The lowest BCUT2D eigenvalue weighted by atomic mass is 9.73. The summed E-state index contributed by atoms with van der Waals surface area (Å²) in [5.74, 6) is -4.86. The van der Waals surface area contributed by atoms with E-state index < -0.39 is 40.8 Å². The summed E-state index contributed by atoms with van der Waals surface area (Å²) in [6, 6.07) is 4.58. The van der Waals surface area contributed by atoms with Crippen molar-refractivity contribution in [1.82, 2.24) is 0 Å². The minimum Gasteiger partial charge on any atom is -0.465 e. The first-order valence-electron chi connectivity index (χ1n) is 9.42. The predicted molar refractivity (Wildman–Crippen MR) is 96.8 cm³/mol. The summed E-state index contributed by atoms with van der Waals surface area (Å²) in [4.78, 5) is 42.6. The monoisotopic (exact) mass is 427 g/mol. The lowest BCUT2D eigenvalue weighted by Crippen LogP contribution is -2.45. The van der Waals surface area contributed by atoms with Gasteiger partial charge in [-0.2, -0.15) is 13.2 Å². The van der Waals surface area contributed by atoms with Crippen molar-refractivity contribution >= 4 is 23.4 Å². The molecule has 1 aliphatic heterocycles. The van der Waals surface area contributed by atoms with Crippen LogP contribution < -0.4 is 0 Å². The number of hydrogen-bond acceptors (Lipinski definition) is 7. The minimum absolute atomic E-state index is 0.0272. The van der Waals surface area contributed by atoms with Crippen LogP contribution in [0.1, 0.15) is 42.1 Å². The van der Waals surface area contributed by atoms with Gasteiger partial charge in [-0.05, 0) is 25.8 Å². The molecule has 10 heteroatoms. The van der Waals surface area contributed by atoms with Gasteiger partial charge in [0.25, 0.3) is 5.78 Å². The number of carbonyl (C=O) groups is 3. The van der Waals surface area contributed by atoms with Crippen molar-refractivity contribution < 1.29 is 41.9 Å². The number of nitrogens with zero attached hydrogens (tertiary/aromatic N) is 1. The number of oxime groups is 1. The first-order valence-corrected chi connectivity index (χ1v) is 9.42. The molecule has 1 saturated carbocycles. The Morgan fingerprint density at radius 2 is 1.67 bits per heavy atom. The van der Waals surface area contributed by atoms with E-state index in [1.165, 1.54) is 12.1 Å². The van der Waals surface area contributed by atoms with Crippen molar-refractivity contribution in [2.75, 3.05) is 19.8 Å². The van der Waals surface area contributed by atoms with E-state index in [9.17, 15) is 27.6 Å². The number of halogens is 3. The SMILES string of the molecule is CCOC(=O)C1(C(=O)OCC)C[C@@H]2CON=C2[C@@H]1c1ccc(C(=O)C(F)(F)F)cc1. The second-order valence-electron chi connectivity index (χ2n) is 7.01. The van der Waals surface area contributed by atoms with Crippen LogP contribution in [0.2, 0.25) is 0 Å². The molecule has 1 aromatic carbocycles. The highest BCUT2D eigenvalue weighted by atomic mass is 19.4. The Morgan fingerprint density at radius 3 is 2.17 bits per heavy atom. The molecule has 162 valence electrons. The Hall–Kier alpha value is -2.91. The van der Waals surface area contributed by atoms with E-state index in [2.05, 4.69) is 5.16 Å². The fourth-order valence-corrected chi connectivity index (χ4v) is 4.02. The van der Waals surface area contributed by atoms with Gasteiger partial charge >= 0.3 is 18.1 Å². The van der Waals surface area contributed by atoms with Crippen LogP contribution in [-0.2, 0) is 23.9 Å². The number of ketones is 1. The fraction of sp³-hybridized carbons (Fsp3) is 0.500. The lowest BCUT2D eigenvalue weighted by molar-refractivity contribution is -0.173. The molecule has 0 unspecified atom stereocenters. The van der Waals surface area contributed by atoms with Crippen molar-refractivity contribution in [2.24, 2.45) is 16.5 Å². The quantitative estimate of drug-likeness (QED) is 0.394. The molecule has 2 aliphatic rings. The van der Waals surface area contributed by atoms with Crippen LogP contribution in [0.4, 0.5) is 13.2 Å². The number of fused-ring (bicyclic) bond motifs is 1. The maximum atomic E-state index is 13.0. The molecule has 0 radical (unpaired) electrons. The normalized spacial score (nSPS) is 22.0. The molecule has 0 aromatic heterocycles. The first kappa shape index (κ1) is 21.8. The Morgan fingerprint density at radius 1 is 1.10 bits per heavy atom. The van der Waals surface area contributed by atoms with E-state index in [1.54, 1.807) is 13.8 Å². The second kappa shape index (κ2) is 8.08. The Kier molecular flexibility index (Phi) is 5.87. The molecule has 1 aliphatic carbocycles. The summed E-state index contributed by atoms with van der Waals surface area (Å²) in [5.41, 5.74) is -1.54. The zero-order chi connectivity index (χ0) is 22.1. The van der Waals surface area contributed by atoms with Gasteiger partial charge in [-0.15, -0.1) is 0 Å². The number of esters is 2. The van der Waals surface area contributed by atoms with Gasteiger partial charge in [0.15, 0.2) is 5.41 Å². The van der Waals surface area contributed by atoms with Crippen molar-refractivity contribution in [3.8, 4) is 0 Å². The fourth-order valence-electron chi connectivity index (χ4n) is 4.02. The molecule has 0 saturated heterocycles. The number of Topliss-reactive ketones (excluding diaryl/α,β-unsaturated/α-hetero) is 1. The summed E-state index contributed by atoms with van der Waals surface area (Å²) in [6.45, 7) is 3.41. The molecular weight excluding hydrogens is 407 g/mol. The van der Waals surface area contributed by atoms with Crippen LogP contribution in [0.5, 0.6) is 0 Å². The molecule has 7 nitrogen and oxygen atoms in total. The molecule has 30 heavy (non-hydrogen) atoms. The zero-order valence-electron chi connectivity index (χ0n) is 16.3. The van der Waals surface area contributed by atoms with Crippen LogP contribution >= 0.6 is 0 Å². The van der Waals surface area contributed by atoms with E-state index in [1.807, 2.05) is 0 Å². The van der Waals surface area contributed by atoms with Crippen LogP contribution in [0.15, 0.2) is 29.4 Å². The number of alkyl halides is 3. The molecule has 1 aromatic rings. The number of ether oxygens (including phenoxy) is 2. The van der Waals surface area contributed by atoms with Crippen LogP contribution in [0.25, 0.3) is 0 Å². The summed E-state index contributed by atoms with van der Waals surface area (Å²) < 4.78 is 48.5. The summed E-state index contributed by atoms with van der Waals surface area (Å²) in [6.07, 6.45) is -4.97. The third kappa shape index (κ3) is 3.54. The number of hydrogen-bond donors (Lipinski definition) is 0. The maximum Gasteiger partial charge on any atom is 0.454 e. The van der Waals surface area contributed by atoms with E-state index in [-0.39, 0.29) is 32.2 Å². The average Bonchev–Trinajstić information content (AvgIpc) is 3.26. The smallest absolute Gasteiger partial charge is 0.454 e. The van der Waals surface area contributed by atoms with Gasteiger partial charge in [-0.3, -0.25) is 14.4 Å². The number of rotatable bonds is 6. The van der Waals surface area contributed by atoms with Gasteiger partial charge in [-0.25, -0.2) is 0 Å². The Labute approximate surface area is 170 Å². The molecule has 0 spiro atoms. The molecule has 3 rings (SSSR count). The highest BCUT2D eigenvalue weighted by Gasteiger charge is 2.65. The molecule has 0 bridgehead atoms. The summed E-state index contributed by atoms with van der Waals surface area (Å²) in [7, 11) is 0. The minimum atomic E-state index is -5.01. The zero-order valence-corrected chi connectivity index (χ0v) is 16.3. The van der Waals surface area contributed by atoms with Crippen molar-refractivity contribution in [2.45, 2.75) is 32.4 Å². The van der Waals surface area contributed by atoms with Gasteiger partial charge < -0.3 is 14.3 Å². The summed E-state index contributed by atoms with van der Waals surface area (Å²) >= 11 is 0. The van der Waals surface area contributed by atoms with E-state index in [0.717, 1.165) is 12.1 Å². The molecule has 1 fully saturated rings. The Balaban J connectivity index is 2.09. The topological polar surface area (TPSA) is 91.3 Å². The molecule has 1 heterocycles. The van der Waals surface area contributed by atoms with Gasteiger partial charge in [0.1, 0.15) is 6.61 Å². The van der Waals surface area contributed by atoms with Crippen molar-refractivity contribution in [3.05, 3.63) is 35.4 Å². The Bertz CT molecular complexity index is 860. The molecule has 2 atom stereocenters. The van der Waals surface area contributed by atoms with Gasteiger partial charge in [0.2, 0.25) is 0 Å². The highest BCUT2D eigenvalue weighted by molar-refractivity contribution is 6.12. The van der Waals surface area contributed by atoms with Gasteiger partial charge in [-0.1, -0.05) is 29.4 Å². The van der Waals surface area contributed by atoms with Gasteiger partial charge in [0.05, 0.1) is 24.8 Å². The third-order valence-electron chi connectivity index (χ3n) is 5.26. The van der Waals surface area contributed by atoms with Crippen LogP contribution in [0.3, 0.4) is 0 Å². The van der Waals surface area contributed by atoms with Crippen molar-refractivity contribution in [3.63, 3.8) is 0 Å². The van der Waals surface area contributed by atoms with Gasteiger partial charge in [0, 0.05) is 11.5 Å². The van der Waals surface area contributed by atoms with Crippen LogP contribution in [-0.4, -0.2) is 49.4 Å². The van der Waals surface area contributed by atoms with E-state index in [4.69, 9.17) is 14.3 Å². The van der Waals surface area contributed by atoms with Crippen molar-refractivity contribution in [1.29, 1.82) is 0 Å². The lowest BCUT2D eigenvalue weighted by Gasteiger charge is -2.31. The average molecular weight is 427 g/mol. The second-order valence-corrected chi connectivity index (χ2v) is 7.01. The maximum absolute atomic E-state index is 13.0. The first-order chi connectivity index (χ1) is 14.2. The molecular formula is C20H20F3NO6. The van der Waals surface area contributed by atoms with E-state index in [0.29, 0.717) is 11.3 Å². The summed E-state index contributed by atoms with van der Waals surface area (Å²) in [5, 5.41) is 3.99. The number of benzene rings is 1. The third-order valence-corrected chi connectivity index (χ3v) is 5.26. The molecule has 0 N–H and O–H groups in total. The largest absolute Gasteiger partial charge is 0.465 e. The number of carbonyl (C=O) groups excluding carboxylic acids is 3. The molecule has 0 amide bonds. The predicted octanol–water partition coefficient (Wildman–Crippen LogP) is 3.03.